The molecule has 152 valence electrons. The third-order valence-corrected chi connectivity index (χ3v) is 0.793. The van der Waals surface area contributed by atoms with E-state index in [0.717, 1.165) is 6.07 Å². The monoisotopic (exact) mass is 617 g/mol. The van der Waals surface area contributed by atoms with E-state index in [2.05, 4.69) is 4.42 Å². The maximum atomic E-state index is 10.1. The Hall–Kier alpha value is -3.09. The van der Waals surface area contributed by atoms with Crippen LogP contribution in [0.1, 0.15) is 0 Å². The van der Waals surface area contributed by atoms with Crippen molar-refractivity contribution in [2.45, 2.75) is 0 Å². The Morgan fingerprint density at radius 3 is 1.08 bits per heavy atom. The number of nitrogens with zero attached hydrogens (tertiary/aromatic N) is 5. The molecule has 1 heterocycles. The summed E-state index contributed by atoms with van der Waals surface area (Å²) in [5.74, 6) is -0.463. The molecule has 0 aliphatic heterocycles. The zero-order valence-electron chi connectivity index (χ0n) is 11.5. The SMILES string of the molecule is O=[N+]([O-])[O-].O=[N+]([O-])[O-].O=[N+]([O-])[O-].O=[N+]([O-])[O-].[O-][N+](O)(O)c1ccco1.[Pu]. The predicted molar refractivity (Wildman–Crippen MR) is 68.9 cm³/mol. The van der Waals surface area contributed by atoms with Gasteiger partial charge in [-0.2, -0.15) is 10.4 Å². The zero-order chi connectivity index (χ0) is 21.2. The molecular weight excluding hydrogens is 618 g/mol. The average Bonchev–Trinajstić information content (AvgIpc) is 2.77. The van der Waals surface area contributed by atoms with Gasteiger partial charge in [-0.05, 0) is 11.0 Å². The van der Waals surface area contributed by atoms with Crippen LogP contribution in [-0.2, 0) is 0 Å². The second kappa shape index (κ2) is 20.0. The first kappa shape index (κ1) is 34.3. The van der Waals surface area contributed by atoms with E-state index < -0.39 is 31.2 Å². The fourth-order valence-corrected chi connectivity index (χ4v) is 0.436. The molecular formula is C4H5N5O16Pu-4. The van der Waals surface area contributed by atoms with Crippen molar-refractivity contribution in [2.24, 2.45) is 0 Å². The molecule has 0 aliphatic rings. The summed E-state index contributed by atoms with van der Waals surface area (Å²) < 4.78 is 4.36. The Kier molecular flexibility index (Phi) is 26.3. The molecule has 1 aromatic rings. The molecule has 0 saturated heterocycles. The maximum absolute atomic E-state index is 10.1. The minimum absolute atomic E-state index is 0. The van der Waals surface area contributed by atoms with Crippen LogP contribution >= 0.6 is 0 Å². The molecule has 0 aliphatic carbocycles. The molecule has 2 N–H and O–H groups in total. The summed E-state index contributed by atoms with van der Waals surface area (Å²) in [5.41, 5.74) is 0. The van der Waals surface area contributed by atoms with Crippen molar-refractivity contribution >= 4 is 5.88 Å². The van der Waals surface area contributed by atoms with E-state index >= 15 is 0 Å². The molecule has 21 nitrogen and oxygen atoms in total. The summed E-state index contributed by atoms with van der Waals surface area (Å²) in [4.78, 5) is 30.5. The van der Waals surface area contributed by atoms with Gasteiger partial charge in [0.2, 0.25) is 0 Å². The number of furan rings is 1. The third kappa shape index (κ3) is 84.4. The molecule has 0 amide bonds. The number of hydrogen-bond donors (Lipinski definition) is 2. The predicted octanol–water partition coefficient (Wildman–Crippen LogP) is -0.0933. The largest absolute Gasteiger partial charge is 0.556 e. The van der Waals surface area contributed by atoms with E-state index in [4.69, 9.17) is 71.7 Å². The average molecular weight is 623 g/mol. The first-order valence-electron chi connectivity index (χ1n) is 4.39. The molecule has 0 saturated carbocycles. The molecule has 0 spiro atoms. The van der Waals surface area contributed by atoms with Gasteiger partial charge < -0.3 is 70.9 Å². The molecule has 0 bridgehead atoms. The van der Waals surface area contributed by atoms with E-state index in [0.29, 0.717) is 0 Å². The second-order valence-electron chi connectivity index (χ2n) is 2.39. The fraction of sp³-hybridized carbons (Fsp3) is 0. The van der Waals surface area contributed by atoms with Gasteiger partial charge in [0.25, 0.3) is 0 Å². The van der Waals surface area contributed by atoms with Crippen molar-refractivity contribution in [3.8, 4) is 0 Å². The fourth-order valence-electron chi connectivity index (χ4n) is 0.436. The van der Waals surface area contributed by atoms with Crippen molar-refractivity contribution in [3.63, 3.8) is 0 Å². The third-order valence-electron chi connectivity index (χ3n) is 0.793. The summed E-state index contributed by atoms with van der Waals surface area (Å²) in [6.07, 6.45) is 1.17. The van der Waals surface area contributed by atoms with E-state index in [-0.39, 0.29) is 29.2 Å². The van der Waals surface area contributed by atoms with Crippen molar-refractivity contribution in [3.05, 3.63) is 84.9 Å². The van der Waals surface area contributed by atoms with Crippen molar-refractivity contribution in [1.29, 1.82) is 0 Å². The van der Waals surface area contributed by atoms with Crippen LogP contribution < -0.4 is 4.97 Å². The molecule has 26 heavy (non-hydrogen) atoms. The van der Waals surface area contributed by atoms with E-state index in [1.54, 1.807) is 0 Å². The van der Waals surface area contributed by atoms with Crippen LogP contribution in [0, 0.1) is 95.7 Å². The van der Waals surface area contributed by atoms with Crippen molar-refractivity contribution in [2.75, 3.05) is 0 Å². The summed E-state index contributed by atoms with van der Waals surface area (Å²) in [7, 11) is 0. The Morgan fingerprint density at radius 1 is 0.769 bits per heavy atom. The first-order chi connectivity index (χ1) is 11.0. The maximum Gasteiger partial charge on any atom is 0.364 e. The Labute approximate surface area is 160 Å². The summed E-state index contributed by atoms with van der Waals surface area (Å²) in [6.45, 7) is 0. The van der Waals surface area contributed by atoms with E-state index in [1.165, 1.54) is 12.3 Å². The van der Waals surface area contributed by atoms with E-state index in [9.17, 15) is 5.21 Å². The van der Waals surface area contributed by atoms with Crippen molar-refractivity contribution in [1.82, 2.24) is 4.97 Å². The van der Waals surface area contributed by atoms with Gasteiger partial charge in [0.15, 0.2) is 0 Å². The molecule has 0 fully saturated rings. The van der Waals surface area contributed by atoms with Gasteiger partial charge in [-0.25, -0.2) is 0 Å². The zero-order valence-corrected chi connectivity index (χ0v) is 14.9. The molecule has 0 atom stereocenters. The molecule has 0 radical (unpaired) electrons. The van der Waals surface area contributed by atoms with Gasteiger partial charge in [0.05, 0.1) is 26.6 Å². The quantitative estimate of drug-likeness (QED) is 0.234. The van der Waals surface area contributed by atoms with Gasteiger partial charge in [0, 0.05) is 35.2 Å². The van der Waals surface area contributed by atoms with Gasteiger partial charge in [-0.1, -0.05) is 0 Å². The topological polar surface area (TPSA) is 341 Å². The summed E-state index contributed by atoms with van der Waals surface area (Å²) >= 11 is 0. The van der Waals surface area contributed by atoms with Crippen LogP contribution in [0.4, 0.5) is 5.88 Å². The van der Waals surface area contributed by atoms with Gasteiger partial charge >= 0.3 is 5.88 Å². The Morgan fingerprint density at radius 2 is 1.00 bits per heavy atom. The number of hydrogen-bond acceptors (Lipinski definition) is 16. The molecule has 1 rings (SSSR count). The molecule has 0 unspecified atom stereocenters. The number of rotatable bonds is 1. The Balaban J connectivity index is -0.0000000752. The van der Waals surface area contributed by atoms with Crippen molar-refractivity contribution < 1.29 is 64.4 Å². The van der Waals surface area contributed by atoms with Crippen LogP contribution in [0.25, 0.3) is 0 Å². The van der Waals surface area contributed by atoms with Crippen LogP contribution in [0.15, 0.2) is 22.8 Å². The Bertz CT molecular complexity index is 433. The van der Waals surface area contributed by atoms with Gasteiger partial charge in [-0.15, -0.1) is 0 Å². The standard InChI is InChI=1S/C4H5NO4.4NO3.Pu/c6-5(7,8)4-2-1-3-9-4;4*2-1(3)4;/h1-3,6-7H;;;;;/q;4*-1;. The molecule has 0 aromatic carbocycles. The van der Waals surface area contributed by atoms with Crippen LogP contribution in [0.3, 0.4) is 0 Å². The number of quaternary nitrogens is 1. The van der Waals surface area contributed by atoms with Crippen LogP contribution in [0.2, 0.25) is 0 Å². The minimum Gasteiger partial charge on any atom is -0.556 e. The summed E-state index contributed by atoms with van der Waals surface area (Å²) in [6, 6.07) is 2.54. The first-order valence-corrected chi connectivity index (χ1v) is 4.39. The van der Waals surface area contributed by atoms with E-state index in [1.807, 2.05) is 0 Å². The van der Waals surface area contributed by atoms with Crippen LogP contribution in [-0.4, -0.2) is 30.8 Å². The summed E-state index contributed by atoms with van der Waals surface area (Å²) in [5, 5.41) is 85.6. The molecule has 22 heteroatoms. The second-order valence-corrected chi connectivity index (χ2v) is 2.39. The van der Waals surface area contributed by atoms with Gasteiger partial charge in [0.1, 0.15) is 0 Å². The minimum atomic E-state index is -2.51. The van der Waals surface area contributed by atoms with Gasteiger partial charge in [-0.3, -0.25) is 0 Å². The van der Waals surface area contributed by atoms with Crippen LogP contribution in [0.5, 0.6) is 0 Å². The normalized spacial score (nSPS) is 7.81. The molecule has 1 aromatic heterocycles. The smallest absolute Gasteiger partial charge is 0.364 e.